The molecule has 2 aliphatic rings. The van der Waals surface area contributed by atoms with Crippen molar-refractivity contribution in [1.29, 1.82) is 0 Å². The highest BCUT2D eigenvalue weighted by Gasteiger charge is 2.19. The predicted molar refractivity (Wildman–Crippen MR) is 106 cm³/mol. The van der Waals surface area contributed by atoms with E-state index in [1.165, 1.54) is 5.57 Å². The molecule has 0 unspecified atom stereocenters. The number of halogens is 2. The zero-order chi connectivity index (χ0) is 15.9. The Labute approximate surface area is 161 Å². The fourth-order valence-corrected chi connectivity index (χ4v) is 2.98. The summed E-state index contributed by atoms with van der Waals surface area (Å²) in [5.74, 6) is 1.14. The minimum atomic E-state index is 0. The summed E-state index contributed by atoms with van der Waals surface area (Å²) in [6.07, 6.45) is 5.03. The molecule has 1 aromatic rings. The first kappa shape index (κ1) is 21.7. The number of aromatic nitrogens is 1. The van der Waals surface area contributed by atoms with Gasteiger partial charge in [-0.05, 0) is 25.1 Å². The molecule has 3 rings (SSSR count). The minimum Gasteiger partial charge on any atom is -0.354 e. The van der Waals surface area contributed by atoms with Gasteiger partial charge in [0, 0.05) is 45.5 Å². The lowest BCUT2D eigenvalue weighted by Crippen LogP contribution is -2.49. The van der Waals surface area contributed by atoms with Crippen molar-refractivity contribution in [2.75, 3.05) is 57.3 Å². The first-order chi connectivity index (χ1) is 11.3. The molecule has 1 saturated heterocycles. The van der Waals surface area contributed by atoms with Crippen molar-refractivity contribution in [2.24, 2.45) is 0 Å². The lowest BCUT2D eigenvalue weighted by atomic mass is 10.1. The number of carbonyl (C=O) groups excluding carboxylic acids is 1. The second kappa shape index (κ2) is 11.3. The van der Waals surface area contributed by atoms with Crippen LogP contribution >= 0.6 is 24.8 Å². The summed E-state index contributed by atoms with van der Waals surface area (Å²) >= 11 is 0. The second-order valence-electron chi connectivity index (χ2n) is 6.04. The van der Waals surface area contributed by atoms with E-state index in [-0.39, 0.29) is 30.7 Å². The molecule has 1 aromatic heterocycles. The van der Waals surface area contributed by atoms with Gasteiger partial charge in [0.2, 0.25) is 5.91 Å². The molecule has 1 fully saturated rings. The van der Waals surface area contributed by atoms with E-state index < -0.39 is 0 Å². The van der Waals surface area contributed by atoms with Crippen LogP contribution in [-0.2, 0) is 4.79 Å². The van der Waals surface area contributed by atoms with Crippen molar-refractivity contribution in [3.05, 3.63) is 36.0 Å². The van der Waals surface area contributed by atoms with Crippen LogP contribution in [0.3, 0.4) is 0 Å². The van der Waals surface area contributed by atoms with Crippen LogP contribution in [0.1, 0.15) is 6.42 Å². The molecule has 0 saturated carbocycles. The summed E-state index contributed by atoms with van der Waals surface area (Å²) in [6, 6.07) is 5.98. The van der Waals surface area contributed by atoms with E-state index in [0.29, 0.717) is 13.1 Å². The molecule has 2 aliphatic heterocycles. The maximum Gasteiger partial charge on any atom is 0.234 e. The van der Waals surface area contributed by atoms with Crippen molar-refractivity contribution in [2.45, 2.75) is 6.42 Å². The van der Waals surface area contributed by atoms with E-state index in [9.17, 15) is 4.79 Å². The molecule has 3 heterocycles. The molecule has 1 amide bonds. The standard InChI is InChI=1S/C17H25N5O.2ClH/c23-17(20-13-15-4-7-18-8-5-15)14-21-9-11-22(12-10-21)16-3-1-2-6-19-16;;/h1-4,6,18H,5,7-14H2,(H,20,23);2*1H. The van der Waals surface area contributed by atoms with E-state index in [1.54, 1.807) is 0 Å². The fourth-order valence-electron chi connectivity index (χ4n) is 2.98. The Morgan fingerprint density at radius 3 is 2.64 bits per heavy atom. The van der Waals surface area contributed by atoms with Crippen LogP contribution in [-0.4, -0.2) is 68.1 Å². The van der Waals surface area contributed by atoms with Gasteiger partial charge in [0.15, 0.2) is 0 Å². The lowest BCUT2D eigenvalue weighted by Gasteiger charge is -2.35. The molecule has 8 heteroatoms. The summed E-state index contributed by atoms with van der Waals surface area (Å²) in [4.78, 5) is 21.0. The van der Waals surface area contributed by atoms with Gasteiger partial charge >= 0.3 is 0 Å². The molecule has 0 spiro atoms. The molecule has 0 bridgehead atoms. The van der Waals surface area contributed by atoms with E-state index in [1.807, 2.05) is 24.4 Å². The molecule has 0 radical (unpaired) electrons. The number of piperazine rings is 1. The largest absolute Gasteiger partial charge is 0.354 e. The second-order valence-corrected chi connectivity index (χ2v) is 6.04. The number of rotatable bonds is 5. The average Bonchev–Trinajstić information content (AvgIpc) is 2.62. The van der Waals surface area contributed by atoms with Crippen LogP contribution in [0.2, 0.25) is 0 Å². The van der Waals surface area contributed by atoms with Gasteiger partial charge in [-0.3, -0.25) is 9.69 Å². The van der Waals surface area contributed by atoms with Gasteiger partial charge in [-0.1, -0.05) is 17.7 Å². The molecule has 25 heavy (non-hydrogen) atoms. The van der Waals surface area contributed by atoms with E-state index in [4.69, 9.17) is 0 Å². The fraction of sp³-hybridized carbons (Fsp3) is 0.529. The third kappa shape index (κ3) is 6.82. The Hall–Kier alpha value is -1.34. The maximum atomic E-state index is 12.1. The smallest absolute Gasteiger partial charge is 0.234 e. The number of anilines is 1. The van der Waals surface area contributed by atoms with Gasteiger partial charge in [-0.25, -0.2) is 4.98 Å². The Morgan fingerprint density at radius 2 is 2.00 bits per heavy atom. The molecule has 2 N–H and O–H groups in total. The molecule has 6 nitrogen and oxygen atoms in total. The van der Waals surface area contributed by atoms with Gasteiger partial charge in [0.05, 0.1) is 6.54 Å². The van der Waals surface area contributed by atoms with Gasteiger partial charge in [-0.2, -0.15) is 0 Å². The summed E-state index contributed by atoms with van der Waals surface area (Å²) in [6.45, 7) is 6.74. The number of hydrogen-bond donors (Lipinski definition) is 2. The SMILES string of the molecule is Cl.Cl.O=C(CN1CCN(c2ccccn2)CC1)NCC1=CCNCC1. The van der Waals surface area contributed by atoms with Crippen LogP contribution in [0, 0.1) is 0 Å². The molecule has 140 valence electrons. The Bertz CT molecular complexity index is 547. The molecular formula is C17H27Cl2N5O. The minimum absolute atomic E-state index is 0. The van der Waals surface area contributed by atoms with Gasteiger partial charge in [0.1, 0.15) is 5.82 Å². The van der Waals surface area contributed by atoms with Gasteiger partial charge in [-0.15, -0.1) is 24.8 Å². The normalized spacial score (nSPS) is 17.8. The molecule has 0 aliphatic carbocycles. The Morgan fingerprint density at radius 1 is 1.20 bits per heavy atom. The van der Waals surface area contributed by atoms with Crippen molar-refractivity contribution < 1.29 is 4.79 Å². The number of carbonyl (C=O) groups is 1. The van der Waals surface area contributed by atoms with Crippen LogP contribution in [0.25, 0.3) is 0 Å². The van der Waals surface area contributed by atoms with Crippen LogP contribution in [0.15, 0.2) is 36.0 Å². The van der Waals surface area contributed by atoms with Crippen LogP contribution < -0.4 is 15.5 Å². The van der Waals surface area contributed by atoms with Crippen molar-refractivity contribution >= 4 is 36.5 Å². The first-order valence-corrected chi connectivity index (χ1v) is 8.35. The summed E-state index contributed by atoms with van der Waals surface area (Å²) in [5, 5.41) is 6.32. The Kier molecular flexibility index (Phi) is 9.82. The highest BCUT2D eigenvalue weighted by molar-refractivity contribution is 5.85. The molecule has 0 aromatic carbocycles. The van der Waals surface area contributed by atoms with E-state index in [0.717, 1.165) is 51.5 Å². The summed E-state index contributed by atoms with van der Waals surface area (Å²) in [7, 11) is 0. The number of nitrogens with one attached hydrogen (secondary N) is 2. The van der Waals surface area contributed by atoms with E-state index in [2.05, 4.69) is 31.5 Å². The first-order valence-electron chi connectivity index (χ1n) is 8.35. The quantitative estimate of drug-likeness (QED) is 0.740. The van der Waals surface area contributed by atoms with Crippen molar-refractivity contribution in [1.82, 2.24) is 20.5 Å². The highest BCUT2D eigenvalue weighted by Crippen LogP contribution is 2.12. The van der Waals surface area contributed by atoms with Crippen LogP contribution in [0.4, 0.5) is 5.82 Å². The van der Waals surface area contributed by atoms with Gasteiger partial charge < -0.3 is 15.5 Å². The molecule has 0 atom stereocenters. The lowest BCUT2D eigenvalue weighted by molar-refractivity contribution is -0.122. The third-order valence-electron chi connectivity index (χ3n) is 4.38. The molecular weight excluding hydrogens is 361 g/mol. The highest BCUT2D eigenvalue weighted by atomic mass is 35.5. The number of nitrogens with zero attached hydrogens (tertiary/aromatic N) is 3. The number of hydrogen-bond acceptors (Lipinski definition) is 5. The van der Waals surface area contributed by atoms with E-state index >= 15 is 0 Å². The maximum absolute atomic E-state index is 12.1. The summed E-state index contributed by atoms with van der Waals surface area (Å²) in [5.41, 5.74) is 1.33. The average molecular weight is 388 g/mol. The van der Waals surface area contributed by atoms with Gasteiger partial charge in [0.25, 0.3) is 0 Å². The predicted octanol–water partition coefficient (Wildman–Crippen LogP) is 1.08. The number of pyridine rings is 1. The monoisotopic (exact) mass is 387 g/mol. The van der Waals surface area contributed by atoms with Crippen LogP contribution in [0.5, 0.6) is 0 Å². The van der Waals surface area contributed by atoms with Crippen molar-refractivity contribution in [3.8, 4) is 0 Å². The zero-order valence-corrected chi connectivity index (χ0v) is 16.0. The van der Waals surface area contributed by atoms with Crippen molar-refractivity contribution in [3.63, 3.8) is 0 Å². The third-order valence-corrected chi connectivity index (χ3v) is 4.38. The topological polar surface area (TPSA) is 60.5 Å². The number of amides is 1. The zero-order valence-electron chi connectivity index (χ0n) is 14.3. The summed E-state index contributed by atoms with van der Waals surface area (Å²) < 4.78 is 0. The Balaban J connectivity index is 0.00000156.